The number of benzene rings is 1. The Hall–Kier alpha value is -1.79. The number of carbonyl (C=O) groups excluding carboxylic acids is 1. The molecule has 0 saturated heterocycles. The van der Waals surface area contributed by atoms with Gasteiger partial charge in [0.05, 0.1) is 5.69 Å². The van der Waals surface area contributed by atoms with Crippen LogP contribution in [0, 0.1) is 5.82 Å². The van der Waals surface area contributed by atoms with E-state index in [0.717, 1.165) is 18.2 Å². The molecule has 0 spiro atoms. The van der Waals surface area contributed by atoms with E-state index in [2.05, 4.69) is 0 Å². The van der Waals surface area contributed by atoms with Crippen molar-refractivity contribution in [1.82, 2.24) is 0 Å². The Labute approximate surface area is 81.9 Å². The first kappa shape index (κ1) is 11.3. The Kier molecular flexibility index (Phi) is 2.83. The lowest BCUT2D eigenvalue weighted by atomic mass is 10.2. The third-order valence-corrected chi connectivity index (χ3v) is 1.51. The van der Waals surface area contributed by atoms with Gasteiger partial charge in [0.2, 0.25) is 0 Å². The van der Waals surface area contributed by atoms with Crippen molar-refractivity contribution in [3.8, 4) is 0 Å². The molecule has 1 aromatic carbocycles. The zero-order chi connectivity index (χ0) is 11.6. The molecular weight excluding hydrogens is 216 g/mol. The van der Waals surface area contributed by atoms with Crippen LogP contribution in [0.25, 0.3) is 0 Å². The van der Waals surface area contributed by atoms with Gasteiger partial charge in [-0.15, -0.1) is 0 Å². The van der Waals surface area contributed by atoms with Crippen LogP contribution in [0.15, 0.2) is 18.2 Å². The highest BCUT2D eigenvalue weighted by molar-refractivity contribution is 5.95. The molecule has 7 heteroatoms. The number of hydrogen-bond acceptors (Lipinski definition) is 2. The molecule has 15 heavy (non-hydrogen) atoms. The maximum atomic E-state index is 12.6. The molecule has 0 aliphatic rings. The van der Waals surface area contributed by atoms with Crippen molar-refractivity contribution in [3.63, 3.8) is 0 Å². The van der Waals surface area contributed by atoms with Crippen LogP contribution >= 0.6 is 0 Å². The van der Waals surface area contributed by atoms with E-state index in [4.69, 9.17) is 5.73 Å². The SMILES string of the molecule is Nc1cc(NC(=O)C(F)(F)F)ccc1F. The van der Waals surface area contributed by atoms with E-state index in [0.29, 0.717) is 0 Å². The minimum absolute atomic E-state index is 0.212. The Morgan fingerprint density at radius 1 is 1.33 bits per heavy atom. The molecule has 3 nitrogen and oxygen atoms in total. The molecule has 0 aliphatic carbocycles. The highest BCUT2D eigenvalue weighted by Crippen LogP contribution is 2.20. The average Bonchev–Trinajstić information content (AvgIpc) is 2.10. The summed E-state index contributed by atoms with van der Waals surface area (Å²) in [6.07, 6.45) is -4.98. The van der Waals surface area contributed by atoms with Gasteiger partial charge in [-0.3, -0.25) is 4.79 Å². The number of rotatable bonds is 1. The second-order valence-corrected chi connectivity index (χ2v) is 2.69. The summed E-state index contributed by atoms with van der Waals surface area (Å²) in [5.74, 6) is -2.89. The Bertz CT molecular complexity index is 389. The highest BCUT2D eigenvalue weighted by atomic mass is 19.4. The van der Waals surface area contributed by atoms with E-state index in [1.807, 2.05) is 0 Å². The standard InChI is InChI=1S/C8H6F4N2O/c9-5-2-1-4(3-6(5)13)14-7(15)8(10,11)12/h1-3H,13H2,(H,14,15). The lowest BCUT2D eigenvalue weighted by molar-refractivity contribution is -0.167. The van der Waals surface area contributed by atoms with Crippen LogP contribution in [0.4, 0.5) is 28.9 Å². The highest BCUT2D eigenvalue weighted by Gasteiger charge is 2.38. The number of nitrogen functional groups attached to an aromatic ring is 1. The van der Waals surface area contributed by atoms with Gasteiger partial charge < -0.3 is 11.1 Å². The third-order valence-electron chi connectivity index (χ3n) is 1.51. The second-order valence-electron chi connectivity index (χ2n) is 2.69. The van der Waals surface area contributed by atoms with Crippen molar-refractivity contribution in [3.05, 3.63) is 24.0 Å². The summed E-state index contributed by atoms with van der Waals surface area (Å²) < 4.78 is 48.0. The van der Waals surface area contributed by atoms with Crippen molar-refractivity contribution in [2.45, 2.75) is 6.18 Å². The minimum atomic E-state index is -4.98. The van der Waals surface area contributed by atoms with Gasteiger partial charge in [0.25, 0.3) is 0 Å². The van der Waals surface area contributed by atoms with Gasteiger partial charge in [0.1, 0.15) is 5.82 Å². The predicted molar refractivity (Wildman–Crippen MR) is 45.5 cm³/mol. The number of carbonyl (C=O) groups is 1. The van der Waals surface area contributed by atoms with Gasteiger partial charge in [-0.1, -0.05) is 0 Å². The summed E-state index contributed by atoms with van der Waals surface area (Å²) in [7, 11) is 0. The fraction of sp³-hybridized carbons (Fsp3) is 0.125. The molecule has 1 aromatic rings. The minimum Gasteiger partial charge on any atom is -0.396 e. The van der Waals surface area contributed by atoms with Crippen LogP contribution in [0.5, 0.6) is 0 Å². The van der Waals surface area contributed by atoms with Crippen LogP contribution < -0.4 is 11.1 Å². The van der Waals surface area contributed by atoms with Crippen molar-refractivity contribution in [1.29, 1.82) is 0 Å². The van der Waals surface area contributed by atoms with E-state index >= 15 is 0 Å². The normalized spacial score (nSPS) is 11.2. The predicted octanol–water partition coefficient (Wildman–Crippen LogP) is 1.91. The van der Waals surface area contributed by atoms with Gasteiger partial charge in [-0.25, -0.2) is 4.39 Å². The van der Waals surface area contributed by atoms with Crippen molar-refractivity contribution < 1.29 is 22.4 Å². The number of anilines is 2. The third kappa shape index (κ3) is 2.83. The molecule has 0 saturated carbocycles. The summed E-state index contributed by atoms with van der Waals surface area (Å²) in [4.78, 5) is 10.5. The van der Waals surface area contributed by atoms with Gasteiger partial charge >= 0.3 is 12.1 Å². The quantitative estimate of drug-likeness (QED) is 0.563. The first-order valence-electron chi connectivity index (χ1n) is 3.74. The first-order valence-corrected chi connectivity index (χ1v) is 3.74. The van der Waals surface area contributed by atoms with E-state index < -0.39 is 17.9 Å². The molecule has 1 rings (SSSR count). The summed E-state index contributed by atoms with van der Waals surface area (Å²) in [6.45, 7) is 0. The maximum Gasteiger partial charge on any atom is 0.471 e. The molecular formula is C8H6F4N2O. The second kappa shape index (κ2) is 3.76. The number of amides is 1. The largest absolute Gasteiger partial charge is 0.471 e. The van der Waals surface area contributed by atoms with Crippen LogP contribution in [-0.2, 0) is 4.79 Å². The zero-order valence-corrected chi connectivity index (χ0v) is 7.23. The number of halogens is 4. The van der Waals surface area contributed by atoms with Crippen LogP contribution in [0.3, 0.4) is 0 Å². The van der Waals surface area contributed by atoms with Gasteiger partial charge in [-0.2, -0.15) is 13.2 Å². The summed E-state index contributed by atoms with van der Waals surface area (Å²) in [5, 5.41) is 1.54. The van der Waals surface area contributed by atoms with Crippen molar-refractivity contribution >= 4 is 17.3 Å². The smallest absolute Gasteiger partial charge is 0.396 e. The van der Waals surface area contributed by atoms with Gasteiger partial charge in [0, 0.05) is 5.69 Å². The molecule has 0 heterocycles. The number of alkyl halides is 3. The van der Waals surface area contributed by atoms with E-state index in [9.17, 15) is 22.4 Å². The summed E-state index contributed by atoms with van der Waals surface area (Å²) in [6, 6.07) is 2.75. The van der Waals surface area contributed by atoms with Gasteiger partial charge in [0.15, 0.2) is 0 Å². The summed E-state index contributed by atoms with van der Waals surface area (Å²) >= 11 is 0. The lowest BCUT2D eigenvalue weighted by Gasteiger charge is -2.08. The molecule has 3 N–H and O–H groups in total. The fourth-order valence-corrected chi connectivity index (χ4v) is 0.823. The van der Waals surface area contributed by atoms with Crippen LogP contribution in [0.1, 0.15) is 0 Å². The number of nitrogens with one attached hydrogen (secondary N) is 1. The van der Waals surface area contributed by atoms with Crippen LogP contribution in [0.2, 0.25) is 0 Å². The monoisotopic (exact) mass is 222 g/mol. The lowest BCUT2D eigenvalue weighted by Crippen LogP contribution is -2.29. The van der Waals surface area contributed by atoms with Crippen molar-refractivity contribution in [2.24, 2.45) is 0 Å². The van der Waals surface area contributed by atoms with E-state index in [1.165, 1.54) is 5.32 Å². The molecule has 0 radical (unpaired) electrons. The zero-order valence-electron chi connectivity index (χ0n) is 7.23. The Morgan fingerprint density at radius 2 is 1.93 bits per heavy atom. The molecule has 82 valence electrons. The van der Waals surface area contributed by atoms with Crippen molar-refractivity contribution in [2.75, 3.05) is 11.1 Å². The molecule has 0 fully saturated rings. The summed E-state index contributed by atoms with van der Waals surface area (Å²) in [5.41, 5.74) is 4.55. The molecule has 0 bridgehead atoms. The van der Waals surface area contributed by atoms with Crippen LogP contribution in [-0.4, -0.2) is 12.1 Å². The van der Waals surface area contributed by atoms with E-state index in [-0.39, 0.29) is 11.4 Å². The Morgan fingerprint density at radius 3 is 2.40 bits per heavy atom. The Balaban J connectivity index is 2.83. The first-order chi connectivity index (χ1) is 6.80. The molecule has 0 aromatic heterocycles. The number of hydrogen-bond donors (Lipinski definition) is 2. The molecule has 0 unspecified atom stereocenters. The van der Waals surface area contributed by atoms with Gasteiger partial charge in [-0.05, 0) is 18.2 Å². The average molecular weight is 222 g/mol. The molecule has 0 aliphatic heterocycles. The maximum absolute atomic E-state index is 12.6. The molecule has 0 atom stereocenters. The fourth-order valence-electron chi connectivity index (χ4n) is 0.823. The topological polar surface area (TPSA) is 55.1 Å². The molecule has 1 amide bonds. The number of nitrogens with two attached hydrogens (primary N) is 1. The van der Waals surface area contributed by atoms with E-state index in [1.54, 1.807) is 0 Å².